The van der Waals surface area contributed by atoms with Gasteiger partial charge in [-0.05, 0) is 30.9 Å². The quantitative estimate of drug-likeness (QED) is 0.890. The van der Waals surface area contributed by atoms with Crippen molar-refractivity contribution in [3.05, 3.63) is 35.3 Å². The summed E-state index contributed by atoms with van der Waals surface area (Å²) in [6.07, 6.45) is 7.47. The zero-order chi connectivity index (χ0) is 14.9. The van der Waals surface area contributed by atoms with Crippen LogP contribution < -0.4 is 10.2 Å². The summed E-state index contributed by atoms with van der Waals surface area (Å²) in [7, 11) is 1.95. The maximum Gasteiger partial charge on any atom is 0.151 e. The van der Waals surface area contributed by atoms with Crippen LogP contribution in [0.3, 0.4) is 0 Å². The van der Waals surface area contributed by atoms with Gasteiger partial charge in [0.05, 0.1) is 11.9 Å². The van der Waals surface area contributed by atoms with E-state index in [0.717, 1.165) is 38.4 Å². The minimum absolute atomic E-state index is 0.701. The molecule has 2 aliphatic rings. The van der Waals surface area contributed by atoms with E-state index >= 15 is 0 Å². The van der Waals surface area contributed by atoms with Gasteiger partial charge in [-0.25, -0.2) is 0 Å². The lowest BCUT2D eigenvalue weighted by molar-refractivity contribution is 0.381. The first-order valence-corrected chi connectivity index (χ1v) is 8.06. The van der Waals surface area contributed by atoms with E-state index in [1.54, 1.807) is 0 Å². The Kier molecular flexibility index (Phi) is 3.54. The first-order chi connectivity index (χ1) is 10.8. The fraction of sp³-hybridized carbons (Fsp3) is 0.562. The Morgan fingerprint density at radius 1 is 1.27 bits per heavy atom. The zero-order valence-corrected chi connectivity index (χ0v) is 13.0. The molecule has 6 heteroatoms. The molecule has 0 aromatic carbocycles. The van der Waals surface area contributed by atoms with Gasteiger partial charge in [0.25, 0.3) is 0 Å². The molecule has 0 atom stereocenters. The van der Waals surface area contributed by atoms with Crippen LogP contribution in [-0.4, -0.2) is 39.6 Å². The third-order valence-electron chi connectivity index (χ3n) is 4.61. The van der Waals surface area contributed by atoms with Gasteiger partial charge in [-0.3, -0.25) is 4.68 Å². The van der Waals surface area contributed by atoms with Crippen molar-refractivity contribution < 1.29 is 0 Å². The van der Waals surface area contributed by atoms with Gasteiger partial charge in [0.15, 0.2) is 5.82 Å². The molecule has 0 spiro atoms. The van der Waals surface area contributed by atoms with Crippen LogP contribution in [0.25, 0.3) is 0 Å². The first kappa shape index (κ1) is 13.7. The van der Waals surface area contributed by atoms with Crippen molar-refractivity contribution in [1.82, 2.24) is 25.3 Å². The second kappa shape index (κ2) is 5.68. The van der Waals surface area contributed by atoms with Crippen molar-refractivity contribution in [2.75, 3.05) is 24.5 Å². The number of nitrogens with one attached hydrogen (secondary N) is 1. The van der Waals surface area contributed by atoms with Crippen LogP contribution in [0.4, 0.5) is 5.82 Å². The predicted molar refractivity (Wildman–Crippen MR) is 84.7 cm³/mol. The Hall–Kier alpha value is -1.95. The average Bonchev–Trinajstić information content (AvgIpc) is 3.09. The molecule has 1 aliphatic carbocycles. The van der Waals surface area contributed by atoms with Gasteiger partial charge < -0.3 is 10.2 Å². The van der Waals surface area contributed by atoms with Gasteiger partial charge in [0, 0.05) is 50.9 Å². The third kappa shape index (κ3) is 2.70. The van der Waals surface area contributed by atoms with Crippen molar-refractivity contribution in [2.24, 2.45) is 13.0 Å². The maximum atomic E-state index is 4.38. The standard InChI is InChI=1S/C16H22N6/c1-21-9-12(8-18-21)6-17-7-13-10-22(11-13)16-5-14-3-2-4-15(14)19-20-16/h5,8-9,13,17H,2-4,6-7,10-11H2,1H3. The lowest BCUT2D eigenvalue weighted by Gasteiger charge is -2.40. The largest absolute Gasteiger partial charge is 0.354 e. The highest BCUT2D eigenvalue weighted by Gasteiger charge is 2.28. The molecule has 2 aromatic heterocycles. The lowest BCUT2D eigenvalue weighted by Crippen LogP contribution is -2.51. The number of aryl methyl sites for hydroxylation is 3. The molecule has 116 valence electrons. The van der Waals surface area contributed by atoms with E-state index in [1.165, 1.54) is 29.7 Å². The molecular weight excluding hydrogens is 276 g/mol. The fourth-order valence-corrected chi connectivity index (χ4v) is 3.34. The Morgan fingerprint density at radius 2 is 2.18 bits per heavy atom. The topological polar surface area (TPSA) is 58.9 Å². The fourth-order valence-electron chi connectivity index (χ4n) is 3.34. The van der Waals surface area contributed by atoms with Gasteiger partial charge in [-0.2, -0.15) is 10.2 Å². The third-order valence-corrected chi connectivity index (χ3v) is 4.61. The van der Waals surface area contributed by atoms with Crippen LogP contribution in [0.5, 0.6) is 0 Å². The molecule has 0 bridgehead atoms. The minimum Gasteiger partial charge on any atom is -0.354 e. The summed E-state index contributed by atoms with van der Waals surface area (Å²) in [6, 6.07) is 2.24. The van der Waals surface area contributed by atoms with E-state index in [-0.39, 0.29) is 0 Å². The Bertz CT molecular complexity index is 658. The van der Waals surface area contributed by atoms with E-state index in [4.69, 9.17) is 0 Å². The summed E-state index contributed by atoms with van der Waals surface area (Å²) in [5, 5.41) is 16.5. The van der Waals surface area contributed by atoms with Gasteiger partial charge >= 0.3 is 0 Å². The summed E-state index contributed by atoms with van der Waals surface area (Å²) >= 11 is 0. The van der Waals surface area contributed by atoms with Crippen molar-refractivity contribution >= 4 is 5.82 Å². The average molecular weight is 298 g/mol. The number of hydrogen-bond acceptors (Lipinski definition) is 5. The molecule has 1 aliphatic heterocycles. The van der Waals surface area contributed by atoms with Gasteiger partial charge in [0.1, 0.15) is 0 Å². The van der Waals surface area contributed by atoms with E-state index in [2.05, 4.69) is 37.8 Å². The highest BCUT2D eigenvalue weighted by atomic mass is 15.3. The molecule has 0 unspecified atom stereocenters. The SMILES string of the molecule is Cn1cc(CNCC2CN(c3cc4c(nn3)CCC4)C2)cn1. The molecule has 22 heavy (non-hydrogen) atoms. The number of aromatic nitrogens is 4. The van der Waals surface area contributed by atoms with E-state index in [9.17, 15) is 0 Å². The number of anilines is 1. The summed E-state index contributed by atoms with van der Waals surface area (Å²) in [5.74, 6) is 1.76. The summed E-state index contributed by atoms with van der Waals surface area (Å²) in [4.78, 5) is 2.34. The van der Waals surface area contributed by atoms with Crippen LogP contribution in [0.1, 0.15) is 23.2 Å². The molecule has 6 nitrogen and oxygen atoms in total. The summed E-state index contributed by atoms with van der Waals surface area (Å²) in [6.45, 7) is 4.09. The molecule has 1 saturated heterocycles. The molecule has 1 N–H and O–H groups in total. The normalized spacial score (nSPS) is 17.6. The molecule has 0 amide bonds. The number of hydrogen-bond donors (Lipinski definition) is 1. The summed E-state index contributed by atoms with van der Waals surface area (Å²) in [5.41, 5.74) is 3.85. The number of nitrogens with zero attached hydrogens (tertiary/aromatic N) is 5. The van der Waals surface area contributed by atoms with Crippen LogP contribution in [0.2, 0.25) is 0 Å². The highest BCUT2D eigenvalue weighted by Crippen LogP contribution is 2.26. The predicted octanol–water partition coefficient (Wildman–Crippen LogP) is 0.925. The minimum atomic E-state index is 0.701. The van der Waals surface area contributed by atoms with E-state index < -0.39 is 0 Å². The van der Waals surface area contributed by atoms with Crippen molar-refractivity contribution in [3.8, 4) is 0 Å². The van der Waals surface area contributed by atoms with Crippen molar-refractivity contribution in [2.45, 2.75) is 25.8 Å². The highest BCUT2D eigenvalue weighted by molar-refractivity contribution is 5.45. The van der Waals surface area contributed by atoms with Gasteiger partial charge in [0.2, 0.25) is 0 Å². The second-order valence-electron chi connectivity index (χ2n) is 6.45. The van der Waals surface area contributed by atoms with Crippen LogP contribution >= 0.6 is 0 Å². The van der Waals surface area contributed by atoms with Crippen molar-refractivity contribution in [3.63, 3.8) is 0 Å². The van der Waals surface area contributed by atoms with Crippen LogP contribution in [0.15, 0.2) is 18.5 Å². The maximum absolute atomic E-state index is 4.38. The molecule has 2 aromatic rings. The van der Waals surface area contributed by atoms with Gasteiger partial charge in [-0.1, -0.05) is 0 Å². The number of rotatable bonds is 5. The first-order valence-electron chi connectivity index (χ1n) is 8.06. The molecule has 3 heterocycles. The Balaban J connectivity index is 1.24. The molecular formula is C16H22N6. The lowest BCUT2D eigenvalue weighted by atomic mass is 10.00. The molecule has 0 saturated carbocycles. The smallest absolute Gasteiger partial charge is 0.151 e. The Morgan fingerprint density at radius 3 is 3.00 bits per heavy atom. The van der Waals surface area contributed by atoms with E-state index in [0.29, 0.717) is 5.92 Å². The van der Waals surface area contributed by atoms with Crippen molar-refractivity contribution in [1.29, 1.82) is 0 Å². The number of fused-ring (bicyclic) bond motifs is 1. The van der Waals surface area contributed by atoms with E-state index in [1.807, 2.05) is 17.9 Å². The molecule has 0 radical (unpaired) electrons. The summed E-state index contributed by atoms with van der Waals surface area (Å²) < 4.78 is 1.84. The Labute approximate surface area is 130 Å². The second-order valence-corrected chi connectivity index (χ2v) is 6.45. The van der Waals surface area contributed by atoms with Crippen LogP contribution in [-0.2, 0) is 26.4 Å². The molecule has 1 fully saturated rings. The van der Waals surface area contributed by atoms with Gasteiger partial charge in [-0.15, -0.1) is 5.10 Å². The monoisotopic (exact) mass is 298 g/mol. The molecule has 4 rings (SSSR count). The zero-order valence-electron chi connectivity index (χ0n) is 13.0. The van der Waals surface area contributed by atoms with Crippen LogP contribution in [0, 0.1) is 5.92 Å².